The molecule has 0 saturated heterocycles. The fraction of sp³-hybridized carbons (Fsp3) is 0.765. The molecule has 0 aliphatic rings. The minimum Gasteiger partial charge on any atom is -0.303 e. The van der Waals surface area contributed by atoms with Gasteiger partial charge < -0.3 is 4.79 Å². The van der Waals surface area contributed by atoms with Crippen LogP contribution in [0.2, 0.25) is 0 Å². The lowest BCUT2D eigenvalue weighted by atomic mass is 10.1. The summed E-state index contributed by atoms with van der Waals surface area (Å²) in [7, 11) is 0. The fourth-order valence-electron chi connectivity index (χ4n) is 1.51. The Bertz CT molecular complexity index is 219. The van der Waals surface area contributed by atoms with E-state index >= 15 is 0 Å². The zero-order chi connectivity index (χ0) is 14.8. The van der Waals surface area contributed by atoms with Crippen molar-refractivity contribution in [3.8, 4) is 0 Å². The van der Waals surface area contributed by atoms with Crippen molar-refractivity contribution < 1.29 is 9.59 Å². The average molecular weight is 268 g/mol. The van der Waals surface area contributed by atoms with Gasteiger partial charge in [-0.05, 0) is 18.9 Å². The van der Waals surface area contributed by atoms with Crippen LogP contribution in [0, 0.1) is 0 Å². The molecule has 0 aromatic heterocycles. The Labute approximate surface area is 119 Å². The number of unbranched alkanes of at least 4 members (excludes halogenated alkanes) is 7. The molecule has 0 heterocycles. The molecular weight excluding hydrogens is 236 g/mol. The molecule has 2 heteroatoms. The van der Waals surface area contributed by atoms with E-state index in [1.807, 2.05) is 13.0 Å². The topological polar surface area (TPSA) is 34.1 Å². The number of aldehydes is 1. The smallest absolute Gasteiger partial charge is 0.155 e. The van der Waals surface area contributed by atoms with Gasteiger partial charge in [0.05, 0.1) is 0 Å². The lowest BCUT2D eigenvalue weighted by Gasteiger charge is -1.95. The average Bonchev–Trinajstić information content (AvgIpc) is 2.43. The van der Waals surface area contributed by atoms with Gasteiger partial charge in [0, 0.05) is 12.8 Å². The van der Waals surface area contributed by atoms with E-state index in [0.29, 0.717) is 6.42 Å². The molecule has 0 spiro atoms. The van der Waals surface area contributed by atoms with Crippen molar-refractivity contribution in [1.29, 1.82) is 0 Å². The fourth-order valence-corrected chi connectivity index (χ4v) is 1.51. The van der Waals surface area contributed by atoms with Crippen LogP contribution in [0.5, 0.6) is 0 Å². The van der Waals surface area contributed by atoms with Crippen LogP contribution in [-0.4, -0.2) is 12.1 Å². The molecule has 19 heavy (non-hydrogen) atoms. The number of carbonyl (C=O) groups is 2. The van der Waals surface area contributed by atoms with E-state index in [9.17, 15) is 9.59 Å². The minimum atomic E-state index is 0.225. The summed E-state index contributed by atoms with van der Waals surface area (Å²) in [6, 6.07) is 0. The molecule has 0 bridgehead atoms. The first kappa shape index (κ1) is 20.4. The third-order valence-corrected chi connectivity index (χ3v) is 2.78. The summed E-state index contributed by atoms with van der Waals surface area (Å²) in [5, 5.41) is 0. The molecule has 0 fully saturated rings. The Morgan fingerprint density at radius 2 is 1.47 bits per heavy atom. The number of hydrogen-bond acceptors (Lipinski definition) is 2. The summed E-state index contributed by atoms with van der Waals surface area (Å²) in [5.41, 5.74) is 0. The highest BCUT2D eigenvalue weighted by Gasteiger charge is 1.88. The molecule has 0 N–H and O–H groups in total. The van der Waals surface area contributed by atoms with Gasteiger partial charge in [0.15, 0.2) is 5.78 Å². The molecule has 0 aromatic carbocycles. The number of rotatable bonds is 11. The van der Waals surface area contributed by atoms with Crippen LogP contribution in [-0.2, 0) is 9.59 Å². The Hall–Kier alpha value is -0.920. The molecular formula is C17H32O2. The number of ketones is 1. The second kappa shape index (κ2) is 19.4. The summed E-state index contributed by atoms with van der Waals surface area (Å²) in [6.45, 7) is 6.19. The van der Waals surface area contributed by atoms with Gasteiger partial charge in [-0.2, -0.15) is 0 Å². The summed E-state index contributed by atoms with van der Waals surface area (Å²) in [6.07, 6.45) is 15.8. The van der Waals surface area contributed by atoms with E-state index in [0.717, 1.165) is 32.0 Å². The van der Waals surface area contributed by atoms with Crippen LogP contribution < -0.4 is 0 Å². The largest absolute Gasteiger partial charge is 0.303 e. The predicted octanol–water partition coefficient (Wildman–Crippen LogP) is 5.26. The summed E-state index contributed by atoms with van der Waals surface area (Å²) < 4.78 is 0. The van der Waals surface area contributed by atoms with Crippen LogP contribution in [0.4, 0.5) is 0 Å². The van der Waals surface area contributed by atoms with E-state index in [1.165, 1.54) is 32.1 Å². The SMILES string of the molecule is CCC/C=C/C(=O)CC.CCCCCCCCC=O. The maximum atomic E-state index is 10.6. The standard InChI is InChI=1S/C9H18O.C8H14O/c1-2-3-4-5-6-7-8-9-10;1-3-5-6-7-8(9)4-2/h9H,2-8H2,1H3;6-7H,3-5H2,1-2H3/b;7-6+. The zero-order valence-corrected chi connectivity index (χ0v) is 13.1. The van der Waals surface area contributed by atoms with Crippen LogP contribution >= 0.6 is 0 Å². The first-order chi connectivity index (χ1) is 9.22. The minimum absolute atomic E-state index is 0.225. The van der Waals surface area contributed by atoms with Gasteiger partial charge in [-0.1, -0.05) is 65.4 Å². The summed E-state index contributed by atoms with van der Waals surface area (Å²) in [4.78, 5) is 20.5. The summed E-state index contributed by atoms with van der Waals surface area (Å²) in [5.74, 6) is 0.225. The van der Waals surface area contributed by atoms with Crippen LogP contribution in [0.25, 0.3) is 0 Å². The first-order valence-electron chi connectivity index (χ1n) is 7.85. The van der Waals surface area contributed by atoms with Crippen LogP contribution in [0.3, 0.4) is 0 Å². The van der Waals surface area contributed by atoms with Gasteiger partial charge in [0.25, 0.3) is 0 Å². The summed E-state index contributed by atoms with van der Waals surface area (Å²) >= 11 is 0. The van der Waals surface area contributed by atoms with E-state index in [-0.39, 0.29) is 5.78 Å². The van der Waals surface area contributed by atoms with Crippen molar-refractivity contribution in [2.45, 2.75) is 85.0 Å². The van der Waals surface area contributed by atoms with Crippen LogP contribution in [0.1, 0.15) is 85.0 Å². The first-order valence-corrected chi connectivity index (χ1v) is 7.85. The van der Waals surface area contributed by atoms with Crippen LogP contribution in [0.15, 0.2) is 12.2 Å². The molecule has 0 saturated carbocycles. The Kier molecular flexibility index (Phi) is 20.8. The lowest BCUT2D eigenvalue weighted by molar-refractivity contribution is -0.114. The highest BCUT2D eigenvalue weighted by atomic mass is 16.1. The van der Waals surface area contributed by atoms with Gasteiger partial charge in [-0.3, -0.25) is 4.79 Å². The van der Waals surface area contributed by atoms with Gasteiger partial charge in [0.1, 0.15) is 6.29 Å². The van der Waals surface area contributed by atoms with Crippen molar-refractivity contribution in [3.63, 3.8) is 0 Å². The number of hydrogen-bond donors (Lipinski definition) is 0. The monoisotopic (exact) mass is 268 g/mol. The molecule has 0 unspecified atom stereocenters. The van der Waals surface area contributed by atoms with Gasteiger partial charge >= 0.3 is 0 Å². The lowest BCUT2D eigenvalue weighted by Crippen LogP contribution is -1.86. The molecule has 0 aromatic rings. The van der Waals surface area contributed by atoms with Gasteiger partial charge in [0.2, 0.25) is 0 Å². The van der Waals surface area contributed by atoms with Crippen molar-refractivity contribution in [2.24, 2.45) is 0 Å². The molecule has 112 valence electrons. The van der Waals surface area contributed by atoms with E-state index in [4.69, 9.17) is 0 Å². The second-order valence-electron chi connectivity index (χ2n) is 4.73. The molecule has 2 nitrogen and oxygen atoms in total. The normalized spacial score (nSPS) is 10.1. The Balaban J connectivity index is 0. The van der Waals surface area contributed by atoms with Crippen molar-refractivity contribution >= 4 is 12.1 Å². The molecule has 0 aliphatic heterocycles. The molecule has 0 radical (unpaired) electrons. The zero-order valence-electron chi connectivity index (χ0n) is 13.1. The number of allylic oxidation sites excluding steroid dienone is 2. The van der Waals surface area contributed by atoms with Crippen molar-refractivity contribution in [2.75, 3.05) is 0 Å². The molecule has 0 atom stereocenters. The third-order valence-electron chi connectivity index (χ3n) is 2.78. The third kappa shape index (κ3) is 22.7. The quantitative estimate of drug-likeness (QED) is 0.291. The highest BCUT2D eigenvalue weighted by molar-refractivity contribution is 5.89. The van der Waals surface area contributed by atoms with Crippen molar-refractivity contribution in [1.82, 2.24) is 0 Å². The number of carbonyl (C=O) groups excluding carboxylic acids is 2. The van der Waals surface area contributed by atoms with E-state index in [2.05, 4.69) is 13.8 Å². The molecule has 0 rings (SSSR count). The Morgan fingerprint density at radius 1 is 0.842 bits per heavy atom. The van der Waals surface area contributed by atoms with E-state index in [1.54, 1.807) is 6.08 Å². The second-order valence-corrected chi connectivity index (χ2v) is 4.73. The van der Waals surface area contributed by atoms with E-state index < -0.39 is 0 Å². The maximum Gasteiger partial charge on any atom is 0.155 e. The molecule has 0 amide bonds. The van der Waals surface area contributed by atoms with Gasteiger partial charge in [-0.25, -0.2) is 0 Å². The van der Waals surface area contributed by atoms with Crippen molar-refractivity contribution in [3.05, 3.63) is 12.2 Å². The maximum absolute atomic E-state index is 10.6. The predicted molar refractivity (Wildman–Crippen MR) is 83.4 cm³/mol. The van der Waals surface area contributed by atoms with Gasteiger partial charge in [-0.15, -0.1) is 0 Å². The molecule has 0 aliphatic carbocycles. The highest BCUT2D eigenvalue weighted by Crippen LogP contribution is 2.05. The Morgan fingerprint density at radius 3 is 2.00 bits per heavy atom.